The van der Waals surface area contributed by atoms with Gasteiger partial charge in [-0.05, 0) is 24.6 Å². The molecular formula is C13H15NO5. The molecule has 0 radical (unpaired) electrons. The van der Waals surface area contributed by atoms with Crippen molar-refractivity contribution in [3.63, 3.8) is 0 Å². The SMILES string of the molecule is CCC[C@H](NC(=O)c1ccc2c(c1)OCO2)C(=O)O. The van der Waals surface area contributed by atoms with E-state index in [0.29, 0.717) is 29.9 Å². The lowest BCUT2D eigenvalue weighted by Gasteiger charge is -2.13. The number of carboxylic acids is 1. The van der Waals surface area contributed by atoms with Crippen molar-refractivity contribution in [2.24, 2.45) is 0 Å². The van der Waals surface area contributed by atoms with E-state index in [4.69, 9.17) is 14.6 Å². The highest BCUT2D eigenvalue weighted by Crippen LogP contribution is 2.32. The highest BCUT2D eigenvalue weighted by atomic mass is 16.7. The van der Waals surface area contributed by atoms with Crippen molar-refractivity contribution >= 4 is 11.9 Å². The quantitative estimate of drug-likeness (QED) is 0.840. The molecule has 0 bridgehead atoms. The first-order chi connectivity index (χ1) is 9.11. The van der Waals surface area contributed by atoms with Crippen molar-refractivity contribution in [3.8, 4) is 11.5 Å². The third kappa shape index (κ3) is 2.96. The summed E-state index contributed by atoms with van der Waals surface area (Å²) in [6.07, 6.45) is 1.07. The van der Waals surface area contributed by atoms with E-state index in [0.717, 1.165) is 0 Å². The van der Waals surface area contributed by atoms with Gasteiger partial charge < -0.3 is 19.9 Å². The van der Waals surface area contributed by atoms with Gasteiger partial charge in [-0.1, -0.05) is 13.3 Å². The Labute approximate surface area is 110 Å². The van der Waals surface area contributed by atoms with Crippen molar-refractivity contribution in [2.45, 2.75) is 25.8 Å². The summed E-state index contributed by atoms with van der Waals surface area (Å²) in [5.41, 5.74) is 0.353. The molecule has 0 saturated carbocycles. The molecule has 6 heteroatoms. The third-order valence-corrected chi connectivity index (χ3v) is 2.82. The van der Waals surface area contributed by atoms with Crippen molar-refractivity contribution in [2.75, 3.05) is 6.79 Å². The first-order valence-corrected chi connectivity index (χ1v) is 6.05. The van der Waals surface area contributed by atoms with Gasteiger partial charge in [-0.2, -0.15) is 0 Å². The highest BCUT2D eigenvalue weighted by Gasteiger charge is 2.21. The Morgan fingerprint density at radius 2 is 2.11 bits per heavy atom. The highest BCUT2D eigenvalue weighted by molar-refractivity contribution is 5.97. The van der Waals surface area contributed by atoms with Gasteiger partial charge >= 0.3 is 5.97 Å². The molecule has 0 unspecified atom stereocenters. The van der Waals surface area contributed by atoms with Gasteiger partial charge in [0, 0.05) is 5.56 Å². The predicted octanol–water partition coefficient (Wildman–Crippen LogP) is 1.40. The van der Waals surface area contributed by atoms with Crippen molar-refractivity contribution < 1.29 is 24.2 Å². The van der Waals surface area contributed by atoms with Crippen LogP contribution in [-0.4, -0.2) is 29.8 Å². The van der Waals surface area contributed by atoms with Gasteiger partial charge in [0.2, 0.25) is 6.79 Å². The van der Waals surface area contributed by atoms with E-state index in [-0.39, 0.29) is 6.79 Å². The molecule has 19 heavy (non-hydrogen) atoms. The van der Waals surface area contributed by atoms with Gasteiger partial charge in [0.25, 0.3) is 5.91 Å². The zero-order chi connectivity index (χ0) is 13.8. The third-order valence-electron chi connectivity index (χ3n) is 2.82. The lowest BCUT2D eigenvalue weighted by molar-refractivity contribution is -0.139. The van der Waals surface area contributed by atoms with Crippen LogP contribution in [0.2, 0.25) is 0 Å². The van der Waals surface area contributed by atoms with Crippen LogP contribution in [0.4, 0.5) is 0 Å². The lowest BCUT2D eigenvalue weighted by Crippen LogP contribution is -2.40. The molecule has 6 nitrogen and oxygen atoms in total. The fraction of sp³-hybridized carbons (Fsp3) is 0.385. The molecule has 0 saturated heterocycles. The average molecular weight is 265 g/mol. The Bertz CT molecular complexity index is 500. The van der Waals surface area contributed by atoms with Gasteiger partial charge in [-0.15, -0.1) is 0 Å². The monoisotopic (exact) mass is 265 g/mol. The smallest absolute Gasteiger partial charge is 0.326 e. The summed E-state index contributed by atoms with van der Waals surface area (Å²) in [7, 11) is 0. The zero-order valence-corrected chi connectivity index (χ0v) is 10.5. The lowest BCUT2D eigenvalue weighted by atomic mass is 10.1. The number of aliphatic carboxylic acids is 1. The van der Waals surface area contributed by atoms with E-state index in [1.807, 2.05) is 6.92 Å². The minimum Gasteiger partial charge on any atom is -0.480 e. The number of benzene rings is 1. The predicted molar refractivity (Wildman–Crippen MR) is 66.4 cm³/mol. The second-order valence-electron chi connectivity index (χ2n) is 4.22. The number of hydrogen-bond acceptors (Lipinski definition) is 4. The van der Waals surface area contributed by atoms with E-state index in [2.05, 4.69) is 5.32 Å². The maximum absolute atomic E-state index is 12.0. The Balaban J connectivity index is 2.09. The largest absolute Gasteiger partial charge is 0.480 e. The summed E-state index contributed by atoms with van der Waals surface area (Å²) < 4.78 is 10.3. The molecule has 1 aromatic carbocycles. The van der Waals surface area contributed by atoms with Crippen molar-refractivity contribution in [3.05, 3.63) is 23.8 Å². The van der Waals surface area contributed by atoms with Gasteiger partial charge in [-0.3, -0.25) is 4.79 Å². The summed E-state index contributed by atoms with van der Waals surface area (Å²) in [6, 6.07) is 3.88. The fourth-order valence-electron chi connectivity index (χ4n) is 1.83. The molecule has 1 heterocycles. The fourth-order valence-corrected chi connectivity index (χ4v) is 1.83. The van der Waals surface area contributed by atoms with Crippen molar-refractivity contribution in [1.29, 1.82) is 0 Å². The van der Waals surface area contributed by atoms with Crippen LogP contribution < -0.4 is 14.8 Å². The number of fused-ring (bicyclic) bond motifs is 1. The Hall–Kier alpha value is -2.24. The second kappa shape index (κ2) is 5.60. The number of amides is 1. The number of carboxylic acid groups (broad SMARTS) is 1. The maximum Gasteiger partial charge on any atom is 0.326 e. The summed E-state index contributed by atoms with van der Waals surface area (Å²) in [4.78, 5) is 22.9. The van der Waals surface area contributed by atoms with Crippen LogP contribution in [0.25, 0.3) is 0 Å². The first kappa shape index (κ1) is 13.2. The molecule has 0 spiro atoms. The molecule has 1 atom stereocenters. The van der Waals surface area contributed by atoms with Gasteiger partial charge in [-0.25, -0.2) is 4.79 Å². The minimum atomic E-state index is -1.03. The molecule has 1 aliphatic heterocycles. The standard InChI is InChI=1S/C13H15NO5/c1-2-3-9(13(16)17)14-12(15)8-4-5-10-11(6-8)19-7-18-10/h4-6,9H,2-3,7H2,1H3,(H,14,15)(H,16,17)/t9-/m0/s1. The zero-order valence-electron chi connectivity index (χ0n) is 10.5. The molecule has 1 aromatic rings. The van der Waals surface area contributed by atoms with Crippen LogP contribution in [0.5, 0.6) is 11.5 Å². The van der Waals surface area contributed by atoms with E-state index < -0.39 is 17.9 Å². The first-order valence-electron chi connectivity index (χ1n) is 6.05. The molecule has 2 N–H and O–H groups in total. The topological polar surface area (TPSA) is 84.9 Å². The van der Waals surface area contributed by atoms with Crippen LogP contribution in [0.1, 0.15) is 30.1 Å². The molecule has 0 aromatic heterocycles. The Morgan fingerprint density at radius 1 is 1.37 bits per heavy atom. The number of nitrogens with one attached hydrogen (secondary N) is 1. The summed E-state index contributed by atoms with van der Waals surface area (Å²) in [5.74, 6) is -0.384. The number of carbonyl (C=O) groups is 2. The van der Waals surface area contributed by atoms with Gasteiger partial charge in [0.15, 0.2) is 11.5 Å². The summed E-state index contributed by atoms with van der Waals surface area (Å²) >= 11 is 0. The van der Waals surface area contributed by atoms with E-state index in [1.165, 1.54) is 0 Å². The van der Waals surface area contributed by atoms with Gasteiger partial charge in [0.1, 0.15) is 6.04 Å². The molecule has 102 valence electrons. The number of ether oxygens (including phenoxy) is 2. The molecule has 1 amide bonds. The number of carbonyl (C=O) groups excluding carboxylic acids is 1. The maximum atomic E-state index is 12.0. The van der Waals surface area contributed by atoms with Crippen LogP contribution in [0.3, 0.4) is 0 Å². The number of hydrogen-bond donors (Lipinski definition) is 2. The minimum absolute atomic E-state index is 0.133. The van der Waals surface area contributed by atoms with E-state index >= 15 is 0 Å². The number of rotatable bonds is 5. The van der Waals surface area contributed by atoms with E-state index in [9.17, 15) is 9.59 Å². The van der Waals surface area contributed by atoms with Crippen LogP contribution >= 0.6 is 0 Å². The van der Waals surface area contributed by atoms with Gasteiger partial charge in [0.05, 0.1) is 0 Å². The Kier molecular flexibility index (Phi) is 3.89. The molecule has 1 aliphatic rings. The normalized spacial score (nSPS) is 13.9. The second-order valence-corrected chi connectivity index (χ2v) is 4.22. The Morgan fingerprint density at radius 3 is 2.79 bits per heavy atom. The molecule has 2 rings (SSSR count). The van der Waals surface area contributed by atoms with Crippen LogP contribution in [0, 0.1) is 0 Å². The van der Waals surface area contributed by atoms with Crippen LogP contribution in [-0.2, 0) is 4.79 Å². The summed E-state index contributed by atoms with van der Waals surface area (Å²) in [6.45, 7) is 2.00. The summed E-state index contributed by atoms with van der Waals surface area (Å²) in [5, 5.41) is 11.5. The molecule has 0 aliphatic carbocycles. The average Bonchev–Trinajstić information content (AvgIpc) is 2.85. The van der Waals surface area contributed by atoms with E-state index in [1.54, 1.807) is 18.2 Å². The van der Waals surface area contributed by atoms with Crippen LogP contribution in [0.15, 0.2) is 18.2 Å². The molecule has 0 fully saturated rings. The van der Waals surface area contributed by atoms with Crippen molar-refractivity contribution in [1.82, 2.24) is 5.32 Å². The molecular weight excluding hydrogens is 250 g/mol.